The molecule has 0 aliphatic carbocycles. The summed E-state index contributed by atoms with van der Waals surface area (Å²) in [6, 6.07) is 14.3. The normalized spacial score (nSPS) is 10.3. The van der Waals surface area contributed by atoms with E-state index in [1.54, 1.807) is 43.5 Å². The van der Waals surface area contributed by atoms with Crippen molar-refractivity contribution >= 4 is 27.5 Å². The lowest BCUT2D eigenvalue weighted by Gasteiger charge is -2.02. The Hall–Kier alpha value is -2.67. The number of aromatic nitrogens is 2. The summed E-state index contributed by atoms with van der Waals surface area (Å²) in [6.07, 6.45) is 0. The molecule has 0 saturated carbocycles. The number of methoxy groups -OCH3 is 1. The fourth-order valence-corrected chi connectivity index (χ4v) is 2.32. The molecule has 3 aromatic rings. The molecule has 0 spiro atoms. The molecular weight excluding hydrogens is 362 g/mol. The van der Waals surface area contributed by atoms with E-state index < -0.39 is 5.91 Å². The minimum absolute atomic E-state index is 0.101. The van der Waals surface area contributed by atoms with Crippen LogP contribution in [0.3, 0.4) is 0 Å². The van der Waals surface area contributed by atoms with Gasteiger partial charge < -0.3 is 14.5 Å². The second-order valence-corrected chi connectivity index (χ2v) is 5.52. The van der Waals surface area contributed by atoms with Gasteiger partial charge in [0.05, 0.1) is 7.11 Å². The van der Waals surface area contributed by atoms with E-state index in [0.29, 0.717) is 11.3 Å². The highest BCUT2D eigenvalue weighted by Gasteiger charge is 2.16. The zero-order valence-electron chi connectivity index (χ0n) is 12.1. The second kappa shape index (κ2) is 6.62. The Kier molecular flexibility index (Phi) is 4.38. The maximum atomic E-state index is 12.1. The average Bonchev–Trinajstić information content (AvgIpc) is 3.05. The van der Waals surface area contributed by atoms with Gasteiger partial charge in [-0.25, -0.2) is 0 Å². The summed E-state index contributed by atoms with van der Waals surface area (Å²) in [5, 5.41) is 10.4. The number of amides is 1. The molecule has 0 saturated heterocycles. The fourth-order valence-electron chi connectivity index (χ4n) is 1.92. The molecule has 7 heteroatoms. The highest BCUT2D eigenvalue weighted by molar-refractivity contribution is 9.10. The number of hydrogen-bond acceptors (Lipinski definition) is 5. The lowest BCUT2D eigenvalue weighted by Crippen LogP contribution is -2.12. The monoisotopic (exact) mass is 373 g/mol. The molecule has 0 aliphatic rings. The topological polar surface area (TPSA) is 77.2 Å². The molecule has 3 rings (SSSR count). The fraction of sp³-hybridized carbons (Fsp3) is 0.0625. The highest BCUT2D eigenvalue weighted by atomic mass is 79.9. The first-order chi connectivity index (χ1) is 11.2. The Bertz CT molecular complexity index is 831. The Morgan fingerprint density at radius 3 is 2.65 bits per heavy atom. The molecule has 116 valence electrons. The van der Waals surface area contributed by atoms with Gasteiger partial charge in [-0.15, -0.1) is 10.2 Å². The summed E-state index contributed by atoms with van der Waals surface area (Å²) in [4.78, 5) is 12.1. The molecule has 6 nitrogen and oxygen atoms in total. The average molecular weight is 374 g/mol. The molecule has 0 bridgehead atoms. The summed E-state index contributed by atoms with van der Waals surface area (Å²) in [5.41, 5.74) is 1.34. The van der Waals surface area contributed by atoms with Crippen LogP contribution >= 0.6 is 15.9 Å². The first-order valence-electron chi connectivity index (χ1n) is 6.70. The van der Waals surface area contributed by atoms with Crippen molar-refractivity contribution < 1.29 is 13.9 Å². The van der Waals surface area contributed by atoms with E-state index >= 15 is 0 Å². The van der Waals surface area contributed by atoms with Gasteiger partial charge in [-0.3, -0.25) is 4.79 Å². The molecule has 1 amide bonds. The maximum Gasteiger partial charge on any atom is 0.313 e. The van der Waals surface area contributed by atoms with Crippen LogP contribution in [0.4, 0.5) is 5.69 Å². The van der Waals surface area contributed by atoms with E-state index in [9.17, 15) is 4.79 Å². The number of ether oxygens (including phenoxy) is 1. The molecular formula is C16H12BrN3O3. The molecule has 1 aromatic heterocycles. The van der Waals surface area contributed by atoms with Gasteiger partial charge in [-0.1, -0.05) is 22.0 Å². The number of nitrogens with one attached hydrogen (secondary N) is 1. The van der Waals surface area contributed by atoms with Gasteiger partial charge in [0.15, 0.2) is 0 Å². The van der Waals surface area contributed by atoms with Crippen LogP contribution in [0, 0.1) is 0 Å². The Labute approximate surface area is 140 Å². The highest BCUT2D eigenvalue weighted by Crippen LogP contribution is 2.22. The summed E-state index contributed by atoms with van der Waals surface area (Å²) >= 11 is 3.34. The van der Waals surface area contributed by atoms with Crippen LogP contribution in [0.1, 0.15) is 10.7 Å². The molecule has 0 unspecified atom stereocenters. The van der Waals surface area contributed by atoms with Crippen molar-refractivity contribution in [2.75, 3.05) is 12.4 Å². The molecule has 0 radical (unpaired) electrons. The largest absolute Gasteiger partial charge is 0.497 e. The van der Waals surface area contributed by atoms with Crippen LogP contribution in [0.25, 0.3) is 11.5 Å². The molecule has 1 N–H and O–H groups in total. The number of anilines is 1. The minimum Gasteiger partial charge on any atom is -0.497 e. The van der Waals surface area contributed by atoms with Crippen molar-refractivity contribution in [3.05, 3.63) is 58.9 Å². The lowest BCUT2D eigenvalue weighted by atomic mass is 10.2. The Balaban J connectivity index is 1.76. The minimum atomic E-state index is -0.463. The van der Waals surface area contributed by atoms with Crippen LogP contribution in [0.15, 0.2) is 57.4 Å². The second-order valence-electron chi connectivity index (χ2n) is 4.61. The van der Waals surface area contributed by atoms with Crippen LogP contribution in [-0.4, -0.2) is 23.2 Å². The van der Waals surface area contributed by atoms with Gasteiger partial charge >= 0.3 is 11.8 Å². The van der Waals surface area contributed by atoms with Crippen LogP contribution in [-0.2, 0) is 0 Å². The maximum absolute atomic E-state index is 12.1. The third-order valence-corrected chi connectivity index (χ3v) is 3.53. The molecule has 0 fully saturated rings. The van der Waals surface area contributed by atoms with E-state index in [2.05, 4.69) is 31.4 Å². The predicted octanol–water partition coefficient (Wildman–Crippen LogP) is 3.76. The zero-order chi connectivity index (χ0) is 16.2. The molecule has 0 aliphatic heterocycles. The van der Waals surface area contributed by atoms with Crippen LogP contribution in [0.5, 0.6) is 5.75 Å². The SMILES string of the molecule is COc1ccc(-c2nnc(C(=O)Nc3cccc(Br)c3)o2)cc1. The summed E-state index contributed by atoms with van der Waals surface area (Å²) < 4.78 is 11.4. The van der Waals surface area contributed by atoms with Gasteiger partial charge in [0.2, 0.25) is 5.89 Å². The van der Waals surface area contributed by atoms with Gasteiger partial charge in [0.25, 0.3) is 0 Å². The number of benzene rings is 2. The number of hydrogen-bond donors (Lipinski definition) is 1. The van der Waals surface area contributed by atoms with Crippen molar-refractivity contribution in [2.45, 2.75) is 0 Å². The Morgan fingerprint density at radius 2 is 1.96 bits per heavy atom. The lowest BCUT2D eigenvalue weighted by molar-refractivity contribution is 0.0991. The zero-order valence-corrected chi connectivity index (χ0v) is 13.7. The predicted molar refractivity (Wildman–Crippen MR) is 88.4 cm³/mol. The van der Waals surface area contributed by atoms with E-state index in [1.165, 1.54) is 0 Å². The summed E-state index contributed by atoms with van der Waals surface area (Å²) in [5.74, 6) is 0.430. The number of nitrogens with zero attached hydrogens (tertiary/aromatic N) is 2. The van der Waals surface area contributed by atoms with Crippen molar-refractivity contribution in [3.63, 3.8) is 0 Å². The smallest absolute Gasteiger partial charge is 0.313 e. The van der Waals surface area contributed by atoms with Gasteiger partial charge in [0, 0.05) is 15.7 Å². The number of carbonyl (C=O) groups is 1. The Morgan fingerprint density at radius 1 is 1.17 bits per heavy atom. The first-order valence-corrected chi connectivity index (χ1v) is 7.50. The summed E-state index contributed by atoms with van der Waals surface area (Å²) in [6.45, 7) is 0. The molecule has 1 heterocycles. The first kappa shape index (κ1) is 15.2. The number of halogens is 1. The van der Waals surface area contributed by atoms with Crippen molar-refractivity contribution in [2.24, 2.45) is 0 Å². The van der Waals surface area contributed by atoms with Crippen molar-refractivity contribution in [1.29, 1.82) is 0 Å². The third-order valence-electron chi connectivity index (χ3n) is 3.04. The van der Waals surface area contributed by atoms with E-state index in [1.807, 2.05) is 12.1 Å². The standard InChI is InChI=1S/C16H12BrN3O3/c1-22-13-7-5-10(6-8-13)15-19-20-16(23-15)14(21)18-12-4-2-3-11(17)9-12/h2-9H,1H3,(H,18,21). The van der Waals surface area contributed by atoms with E-state index in [4.69, 9.17) is 9.15 Å². The van der Waals surface area contributed by atoms with E-state index in [0.717, 1.165) is 10.2 Å². The number of carbonyl (C=O) groups excluding carboxylic acids is 1. The third kappa shape index (κ3) is 3.57. The molecule has 23 heavy (non-hydrogen) atoms. The van der Waals surface area contributed by atoms with Gasteiger partial charge in [0.1, 0.15) is 5.75 Å². The van der Waals surface area contributed by atoms with Crippen LogP contribution < -0.4 is 10.1 Å². The summed E-state index contributed by atoms with van der Waals surface area (Å²) in [7, 11) is 1.59. The van der Waals surface area contributed by atoms with Gasteiger partial charge in [-0.2, -0.15) is 0 Å². The van der Waals surface area contributed by atoms with E-state index in [-0.39, 0.29) is 11.8 Å². The van der Waals surface area contributed by atoms with Crippen molar-refractivity contribution in [1.82, 2.24) is 10.2 Å². The van der Waals surface area contributed by atoms with Crippen LogP contribution in [0.2, 0.25) is 0 Å². The molecule has 0 atom stereocenters. The quantitative estimate of drug-likeness (QED) is 0.753. The number of rotatable bonds is 4. The molecule has 2 aromatic carbocycles. The van der Waals surface area contributed by atoms with Gasteiger partial charge in [-0.05, 0) is 42.5 Å². The van der Waals surface area contributed by atoms with Crippen molar-refractivity contribution in [3.8, 4) is 17.2 Å².